The average Bonchev–Trinajstić information content (AvgIpc) is 2.84. The summed E-state index contributed by atoms with van der Waals surface area (Å²) in [4.78, 5) is 26.6. The fourth-order valence-corrected chi connectivity index (χ4v) is 3.66. The number of carbonyl (C=O) groups excluding carboxylic acids is 1. The van der Waals surface area contributed by atoms with Gasteiger partial charge in [0.25, 0.3) is 11.6 Å². The lowest BCUT2D eigenvalue weighted by Gasteiger charge is -2.30. The molecule has 0 saturated carbocycles. The molecule has 2 aromatic rings. The van der Waals surface area contributed by atoms with E-state index in [0.29, 0.717) is 23.8 Å². The molecule has 4 rings (SSSR count). The fraction of sp³-hybridized carbons (Fsp3) is 0.176. The molecule has 0 radical (unpaired) electrons. The minimum absolute atomic E-state index is 0.0126. The molecule has 2 aliphatic rings. The Bertz CT molecular complexity index is 823. The Labute approximate surface area is 143 Å². The van der Waals surface area contributed by atoms with Gasteiger partial charge in [-0.3, -0.25) is 19.8 Å². The molecular formula is C17H13N3O3S. The lowest BCUT2D eigenvalue weighted by molar-refractivity contribution is -0.384. The van der Waals surface area contributed by atoms with Gasteiger partial charge in [-0.15, -0.1) is 0 Å². The monoisotopic (exact) mass is 339 g/mol. The van der Waals surface area contributed by atoms with Gasteiger partial charge in [0, 0.05) is 25.1 Å². The van der Waals surface area contributed by atoms with Crippen LogP contribution in [-0.2, 0) is 17.8 Å². The number of hydrogen-bond donors (Lipinski definition) is 0. The maximum Gasteiger partial charge on any atom is 0.269 e. The summed E-state index contributed by atoms with van der Waals surface area (Å²) in [7, 11) is 0. The predicted molar refractivity (Wildman–Crippen MR) is 92.7 cm³/mol. The topological polar surface area (TPSA) is 66.7 Å². The molecule has 1 amide bonds. The van der Waals surface area contributed by atoms with Crippen molar-refractivity contribution >= 4 is 34.6 Å². The molecule has 6 nitrogen and oxygen atoms in total. The van der Waals surface area contributed by atoms with Gasteiger partial charge in [-0.1, -0.05) is 24.3 Å². The molecule has 2 heterocycles. The van der Waals surface area contributed by atoms with E-state index in [4.69, 9.17) is 12.2 Å². The first kappa shape index (κ1) is 14.8. The molecular weight excluding hydrogens is 326 g/mol. The van der Waals surface area contributed by atoms with Crippen molar-refractivity contribution in [1.82, 2.24) is 4.90 Å². The first-order valence-corrected chi connectivity index (χ1v) is 7.93. The summed E-state index contributed by atoms with van der Waals surface area (Å²) in [6, 6.07) is 13.6. The zero-order valence-electron chi connectivity index (χ0n) is 12.6. The molecule has 120 valence electrons. The summed E-state index contributed by atoms with van der Waals surface area (Å²) >= 11 is 5.51. The SMILES string of the molecule is O=C1[C@@H]2Cc3ccccc3CN2C(=S)N1c1ccc([N+](=O)[O-])cc1. The fourth-order valence-electron chi connectivity index (χ4n) is 3.28. The van der Waals surface area contributed by atoms with Crippen LogP contribution in [0, 0.1) is 10.1 Å². The molecule has 2 aliphatic heterocycles. The van der Waals surface area contributed by atoms with Crippen LogP contribution in [0.3, 0.4) is 0 Å². The zero-order valence-corrected chi connectivity index (χ0v) is 13.4. The van der Waals surface area contributed by atoms with E-state index in [1.807, 2.05) is 29.2 Å². The van der Waals surface area contributed by atoms with Crippen LogP contribution < -0.4 is 4.90 Å². The molecule has 0 bridgehead atoms. The summed E-state index contributed by atoms with van der Waals surface area (Å²) in [5.74, 6) is -0.0802. The third-order valence-electron chi connectivity index (χ3n) is 4.51. The summed E-state index contributed by atoms with van der Waals surface area (Å²) in [5, 5.41) is 11.2. The molecule has 1 saturated heterocycles. The minimum Gasteiger partial charge on any atom is -0.332 e. The Morgan fingerprint density at radius 2 is 1.75 bits per heavy atom. The van der Waals surface area contributed by atoms with Crippen LogP contribution in [0.5, 0.6) is 0 Å². The van der Waals surface area contributed by atoms with Gasteiger partial charge in [0.15, 0.2) is 5.11 Å². The first-order valence-electron chi connectivity index (χ1n) is 7.52. The largest absolute Gasteiger partial charge is 0.332 e. The highest BCUT2D eigenvalue weighted by molar-refractivity contribution is 7.80. The highest BCUT2D eigenvalue weighted by Crippen LogP contribution is 2.33. The number of thiocarbonyl (C=S) groups is 1. The average molecular weight is 339 g/mol. The van der Waals surface area contributed by atoms with E-state index in [-0.39, 0.29) is 17.6 Å². The highest BCUT2D eigenvalue weighted by atomic mass is 32.1. The summed E-state index contributed by atoms with van der Waals surface area (Å²) in [6.07, 6.45) is 0.624. The van der Waals surface area contributed by atoms with Crippen molar-refractivity contribution in [3.63, 3.8) is 0 Å². The number of nitro benzene ring substituents is 1. The normalized spacial score (nSPS) is 19.2. The van der Waals surface area contributed by atoms with Crippen LogP contribution in [0.4, 0.5) is 11.4 Å². The van der Waals surface area contributed by atoms with E-state index in [1.165, 1.54) is 28.2 Å². The molecule has 2 aromatic carbocycles. The first-order chi connectivity index (χ1) is 11.6. The van der Waals surface area contributed by atoms with E-state index in [1.54, 1.807) is 12.1 Å². The van der Waals surface area contributed by atoms with Gasteiger partial charge in [0.05, 0.1) is 10.6 Å². The summed E-state index contributed by atoms with van der Waals surface area (Å²) in [6.45, 7) is 0.606. The molecule has 0 unspecified atom stereocenters. The number of carbonyl (C=O) groups is 1. The van der Waals surface area contributed by atoms with Crippen LogP contribution in [0.2, 0.25) is 0 Å². The van der Waals surface area contributed by atoms with E-state index >= 15 is 0 Å². The molecule has 0 N–H and O–H groups in total. The van der Waals surface area contributed by atoms with Crippen LogP contribution in [0.15, 0.2) is 48.5 Å². The van der Waals surface area contributed by atoms with Crippen molar-refractivity contribution in [3.8, 4) is 0 Å². The summed E-state index contributed by atoms with van der Waals surface area (Å²) < 4.78 is 0. The quantitative estimate of drug-likeness (QED) is 0.478. The van der Waals surface area contributed by atoms with Crippen molar-refractivity contribution < 1.29 is 9.72 Å². The van der Waals surface area contributed by atoms with Crippen molar-refractivity contribution in [2.24, 2.45) is 0 Å². The van der Waals surface area contributed by atoms with E-state index in [0.717, 1.165) is 0 Å². The number of anilines is 1. The van der Waals surface area contributed by atoms with E-state index in [9.17, 15) is 14.9 Å². The predicted octanol–water partition coefficient (Wildman–Crippen LogP) is 2.65. The second-order valence-electron chi connectivity index (χ2n) is 5.85. The molecule has 7 heteroatoms. The van der Waals surface area contributed by atoms with Crippen LogP contribution >= 0.6 is 12.2 Å². The van der Waals surface area contributed by atoms with Crippen LogP contribution in [-0.4, -0.2) is 26.9 Å². The lowest BCUT2D eigenvalue weighted by atomic mass is 9.95. The van der Waals surface area contributed by atoms with Gasteiger partial charge in [-0.05, 0) is 35.5 Å². The van der Waals surface area contributed by atoms with Gasteiger partial charge in [0.2, 0.25) is 0 Å². The Morgan fingerprint density at radius 1 is 1.08 bits per heavy atom. The molecule has 0 aliphatic carbocycles. The Kier molecular flexibility index (Phi) is 3.31. The second kappa shape index (κ2) is 5.38. The number of non-ortho nitro benzene ring substituents is 1. The van der Waals surface area contributed by atoms with E-state index < -0.39 is 4.92 Å². The van der Waals surface area contributed by atoms with Gasteiger partial charge in [0.1, 0.15) is 6.04 Å². The minimum atomic E-state index is -0.464. The van der Waals surface area contributed by atoms with Crippen LogP contribution in [0.1, 0.15) is 11.1 Å². The number of hydrogen-bond acceptors (Lipinski definition) is 4. The second-order valence-corrected chi connectivity index (χ2v) is 6.21. The Hall–Kier alpha value is -2.80. The third kappa shape index (κ3) is 2.16. The number of fused-ring (bicyclic) bond motifs is 2. The number of amides is 1. The van der Waals surface area contributed by atoms with Gasteiger partial charge >= 0.3 is 0 Å². The molecule has 1 atom stereocenters. The molecule has 24 heavy (non-hydrogen) atoms. The molecule has 0 spiro atoms. The van der Waals surface area contributed by atoms with Crippen molar-refractivity contribution in [2.75, 3.05) is 4.90 Å². The van der Waals surface area contributed by atoms with Gasteiger partial charge < -0.3 is 4.90 Å². The maximum absolute atomic E-state index is 12.8. The maximum atomic E-state index is 12.8. The standard InChI is InChI=1S/C17H13N3O3S/c21-16-15-9-11-3-1-2-4-12(11)10-18(15)17(24)19(16)13-5-7-14(8-6-13)20(22)23/h1-8,15H,9-10H2/t15-/m0/s1. The highest BCUT2D eigenvalue weighted by Gasteiger charge is 2.45. The summed E-state index contributed by atoms with van der Waals surface area (Å²) in [5.41, 5.74) is 2.89. The van der Waals surface area contributed by atoms with Gasteiger partial charge in [-0.2, -0.15) is 0 Å². The lowest BCUT2D eigenvalue weighted by Crippen LogP contribution is -2.39. The molecule has 1 fully saturated rings. The van der Waals surface area contributed by atoms with E-state index in [2.05, 4.69) is 0 Å². The number of rotatable bonds is 2. The number of nitro groups is 1. The Balaban J connectivity index is 1.67. The zero-order chi connectivity index (χ0) is 16.8. The number of benzene rings is 2. The smallest absolute Gasteiger partial charge is 0.269 e. The van der Waals surface area contributed by atoms with Gasteiger partial charge in [-0.25, -0.2) is 0 Å². The van der Waals surface area contributed by atoms with Crippen molar-refractivity contribution in [3.05, 3.63) is 69.8 Å². The van der Waals surface area contributed by atoms with Crippen LogP contribution in [0.25, 0.3) is 0 Å². The Morgan fingerprint density at radius 3 is 2.42 bits per heavy atom. The van der Waals surface area contributed by atoms with Crippen molar-refractivity contribution in [1.29, 1.82) is 0 Å². The third-order valence-corrected chi connectivity index (χ3v) is 4.93. The number of nitrogens with zero attached hydrogens (tertiary/aromatic N) is 3. The van der Waals surface area contributed by atoms with Crippen molar-refractivity contribution in [2.45, 2.75) is 19.0 Å². The molecule has 0 aromatic heterocycles.